The average Bonchev–Trinajstić information content (AvgIpc) is 3.60. The van der Waals surface area contributed by atoms with E-state index in [0.717, 1.165) is 39.4 Å². The third-order valence-electron chi connectivity index (χ3n) is 7.07. The predicted molar refractivity (Wildman–Crippen MR) is 157 cm³/mol. The number of benzene rings is 3. The van der Waals surface area contributed by atoms with Crippen molar-refractivity contribution in [1.29, 1.82) is 0 Å². The molecule has 7 rings (SSSR count). The average molecular weight is 578 g/mol. The Morgan fingerprint density at radius 3 is 2.55 bits per heavy atom. The minimum absolute atomic E-state index is 0.0664. The summed E-state index contributed by atoms with van der Waals surface area (Å²) in [6, 6.07) is 25.1. The molecule has 42 heavy (non-hydrogen) atoms. The van der Waals surface area contributed by atoms with Gasteiger partial charge in [0.15, 0.2) is 18.1 Å². The Hall–Kier alpha value is -5.22. The summed E-state index contributed by atoms with van der Waals surface area (Å²) < 4.78 is 15.1. The first kappa shape index (κ1) is 25.7. The molecule has 10 nitrogen and oxygen atoms in total. The molecule has 3 aromatic carbocycles. The maximum atomic E-state index is 6.80. The maximum Gasteiger partial charge on any atom is 0.230 e. The summed E-state index contributed by atoms with van der Waals surface area (Å²) in [4.78, 5) is 15.0. The Kier molecular flexibility index (Phi) is 6.52. The Morgan fingerprint density at radius 1 is 0.976 bits per heavy atom. The van der Waals surface area contributed by atoms with Gasteiger partial charge in [-0.05, 0) is 60.5 Å². The van der Waals surface area contributed by atoms with E-state index in [2.05, 4.69) is 15.2 Å². The van der Waals surface area contributed by atoms with Crippen molar-refractivity contribution >= 4 is 23.5 Å². The number of methoxy groups -OCH3 is 1. The van der Waals surface area contributed by atoms with Crippen molar-refractivity contribution in [3.63, 3.8) is 0 Å². The van der Waals surface area contributed by atoms with Crippen molar-refractivity contribution in [2.45, 2.75) is 19.4 Å². The molecule has 3 aromatic heterocycles. The van der Waals surface area contributed by atoms with Crippen LogP contribution in [-0.2, 0) is 11.4 Å². The van der Waals surface area contributed by atoms with Crippen LogP contribution in [-0.4, -0.2) is 42.7 Å². The van der Waals surface area contributed by atoms with Gasteiger partial charge < -0.3 is 14.3 Å². The molecule has 0 fully saturated rings. The Balaban J connectivity index is 1.28. The van der Waals surface area contributed by atoms with E-state index >= 15 is 0 Å². The van der Waals surface area contributed by atoms with Crippen molar-refractivity contribution in [2.75, 3.05) is 7.11 Å². The number of aromatic nitrogens is 6. The molecule has 0 saturated carbocycles. The molecule has 1 unspecified atom stereocenters. The molecule has 0 N–H and O–H groups in total. The third-order valence-corrected chi connectivity index (χ3v) is 7.41. The Bertz CT molecular complexity index is 1930. The number of hydrogen-bond acceptors (Lipinski definition) is 8. The molecule has 6 aromatic rings. The van der Waals surface area contributed by atoms with Gasteiger partial charge in [0.1, 0.15) is 12.1 Å². The van der Waals surface area contributed by atoms with E-state index in [0.29, 0.717) is 28.3 Å². The van der Waals surface area contributed by atoms with Gasteiger partial charge in [0.05, 0.1) is 41.8 Å². The molecule has 0 spiro atoms. The lowest BCUT2D eigenvalue weighted by Crippen LogP contribution is -2.16. The van der Waals surface area contributed by atoms with Crippen LogP contribution >= 0.6 is 11.6 Å². The van der Waals surface area contributed by atoms with Crippen molar-refractivity contribution < 1.29 is 14.3 Å². The van der Waals surface area contributed by atoms with E-state index in [-0.39, 0.29) is 12.5 Å². The van der Waals surface area contributed by atoms with Gasteiger partial charge in [0.25, 0.3) is 0 Å². The van der Waals surface area contributed by atoms with Gasteiger partial charge in [-0.3, -0.25) is 0 Å². The van der Waals surface area contributed by atoms with E-state index in [9.17, 15) is 0 Å². The van der Waals surface area contributed by atoms with Gasteiger partial charge in [0, 0.05) is 5.02 Å². The zero-order chi connectivity index (χ0) is 28.6. The number of para-hydroxylation sites is 1. The second kappa shape index (κ2) is 10.6. The summed E-state index contributed by atoms with van der Waals surface area (Å²) in [5.41, 5.74) is 5.66. The van der Waals surface area contributed by atoms with Crippen molar-refractivity contribution in [2.24, 2.45) is 5.16 Å². The van der Waals surface area contributed by atoms with Crippen LogP contribution in [0.3, 0.4) is 0 Å². The van der Waals surface area contributed by atoms with Gasteiger partial charge in [-0.2, -0.15) is 5.10 Å². The quantitative estimate of drug-likeness (QED) is 0.166. The van der Waals surface area contributed by atoms with Crippen LogP contribution in [0.25, 0.3) is 11.3 Å². The highest BCUT2D eigenvalue weighted by atomic mass is 35.5. The van der Waals surface area contributed by atoms with E-state index in [1.54, 1.807) is 28.8 Å². The predicted octanol–water partition coefficient (Wildman–Crippen LogP) is 6.12. The summed E-state index contributed by atoms with van der Waals surface area (Å²) in [7, 11) is 1.63. The minimum Gasteiger partial charge on any atom is -0.497 e. The van der Waals surface area contributed by atoms with E-state index in [1.165, 1.54) is 0 Å². The molecule has 1 atom stereocenters. The highest BCUT2D eigenvalue weighted by molar-refractivity contribution is 6.31. The molecule has 0 aliphatic carbocycles. The summed E-state index contributed by atoms with van der Waals surface area (Å²) in [6.07, 6.45) is 3.20. The first-order chi connectivity index (χ1) is 20.6. The smallest absolute Gasteiger partial charge is 0.230 e. The topological polar surface area (TPSA) is 101 Å². The highest BCUT2D eigenvalue weighted by Gasteiger charge is 2.38. The van der Waals surface area contributed by atoms with Crippen LogP contribution in [0.2, 0.25) is 5.02 Å². The fraction of sp³-hybridized carbons (Fsp3) is 0.129. The van der Waals surface area contributed by atoms with Crippen LogP contribution < -0.4 is 9.47 Å². The Labute approximate surface area is 245 Å². The number of rotatable bonds is 7. The SMILES string of the molecule is COc1ccc(C=NOCc2nc3c4c(ncn3n2)Oc2c(c(C)nn2-c2ccccc2)C4c2ccccc2Cl)cc1. The zero-order valence-corrected chi connectivity index (χ0v) is 23.4. The summed E-state index contributed by atoms with van der Waals surface area (Å²) in [5.74, 6) is 1.86. The monoisotopic (exact) mass is 577 g/mol. The zero-order valence-electron chi connectivity index (χ0n) is 22.7. The van der Waals surface area contributed by atoms with E-state index in [4.69, 9.17) is 36.0 Å². The molecule has 0 saturated heterocycles. The molecule has 1 aliphatic rings. The molecular weight excluding hydrogens is 554 g/mol. The number of ether oxygens (including phenoxy) is 2. The van der Waals surface area contributed by atoms with Crippen molar-refractivity contribution in [3.05, 3.63) is 124 Å². The molecule has 208 valence electrons. The summed E-state index contributed by atoms with van der Waals surface area (Å²) in [6.45, 7) is 2.03. The fourth-order valence-corrected chi connectivity index (χ4v) is 5.38. The van der Waals surface area contributed by atoms with E-state index < -0.39 is 0 Å². The van der Waals surface area contributed by atoms with Crippen LogP contribution in [0.1, 0.15) is 39.7 Å². The Morgan fingerprint density at radius 2 is 1.76 bits per heavy atom. The van der Waals surface area contributed by atoms with Crippen LogP contribution in [0.5, 0.6) is 17.5 Å². The van der Waals surface area contributed by atoms with Crippen LogP contribution in [0.4, 0.5) is 0 Å². The number of nitrogens with zero attached hydrogens (tertiary/aromatic N) is 7. The number of oxime groups is 1. The molecule has 4 heterocycles. The number of aryl methyl sites for hydroxylation is 1. The van der Waals surface area contributed by atoms with Gasteiger partial charge >= 0.3 is 0 Å². The van der Waals surface area contributed by atoms with Crippen molar-refractivity contribution in [3.8, 4) is 23.2 Å². The fourth-order valence-electron chi connectivity index (χ4n) is 5.13. The molecule has 0 bridgehead atoms. The molecule has 0 amide bonds. The van der Waals surface area contributed by atoms with Gasteiger partial charge in [-0.15, -0.1) is 5.10 Å². The largest absolute Gasteiger partial charge is 0.497 e. The molecule has 0 radical (unpaired) electrons. The normalized spacial score (nSPS) is 14.0. The van der Waals surface area contributed by atoms with Gasteiger partial charge in [-0.1, -0.05) is 53.2 Å². The highest BCUT2D eigenvalue weighted by Crippen LogP contribution is 2.50. The van der Waals surface area contributed by atoms with E-state index in [1.807, 2.05) is 85.8 Å². The summed E-state index contributed by atoms with van der Waals surface area (Å²) >= 11 is 6.80. The number of halogens is 1. The number of fused-ring (bicyclic) bond motifs is 4. The maximum absolute atomic E-state index is 6.80. The summed E-state index contributed by atoms with van der Waals surface area (Å²) in [5, 5.41) is 14.1. The minimum atomic E-state index is -0.350. The van der Waals surface area contributed by atoms with Gasteiger partial charge in [-0.25, -0.2) is 19.2 Å². The molecular formula is C31H24ClN7O3. The second-order valence-corrected chi connectivity index (χ2v) is 10.1. The lowest BCUT2D eigenvalue weighted by Gasteiger charge is -2.27. The third kappa shape index (κ3) is 4.51. The van der Waals surface area contributed by atoms with Gasteiger partial charge in [0.2, 0.25) is 11.8 Å². The lowest BCUT2D eigenvalue weighted by atomic mass is 9.84. The van der Waals surface area contributed by atoms with Crippen LogP contribution in [0, 0.1) is 6.92 Å². The number of hydrogen-bond donors (Lipinski definition) is 0. The standard InChI is InChI=1S/C31H24ClN7O3/c1-19-26-27(23-10-6-7-11-24(23)32)28-29-35-25(17-41-34-16-20-12-14-22(40-2)15-13-20)37-38(29)18-33-30(28)42-31(26)39(36-19)21-8-4-3-5-9-21/h3-16,18,27H,17H2,1-2H3. The molecule has 1 aliphatic heterocycles. The first-order valence-corrected chi connectivity index (χ1v) is 13.6. The first-order valence-electron chi connectivity index (χ1n) is 13.2. The second-order valence-electron chi connectivity index (χ2n) is 9.65. The molecule has 11 heteroatoms. The van der Waals surface area contributed by atoms with Crippen LogP contribution in [0.15, 0.2) is 90.3 Å². The van der Waals surface area contributed by atoms with Crippen molar-refractivity contribution in [1.82, 2.24) is 29.4 Å². The lowest BCUT2D eigenvalue weighted by molar-refractivity contribution is 0.126.